The maximum Gasteiger partial charge on any atom is 0.418 e. The molecule has 0 radical (unpaired) electrons. The number of nitrogens with one attached hydrogen (secondary N) is 1. The molecule has 2 aromatic rings. The minimum absolute atomic E-state index is 0.0542. The van der Waals surface area contributed by atoms with E-state index in [9.17, 15) is 18.0 Å². The molecule has 1 aliphatic rings. The predicted octanol–water partition coefficient (Wildman–Crippen LogP) is 3.86. The normalized spacial score (nSPS) is 15.8. The Morgan fingerprint density at radius 2 is 1.73 bits per heavy atom. The van der Waals surface area contributed by atoms with Crippen LogP contribution in [0.1, 0.15) is 17.5 Å². The summed E-state index contributed by atoms with van der Waals surface area (Å²) in [6.07, 6.45) is -5.63. The first-order valence-corrected chi connectivity index (χ1v) is 8.78. The van der Waals surface area contributed by atoms with Gasteiger partial charge in [-0.1, -0.05) is 17.3 Å². The zero-order valence-corrected chi connectivity index (χ0v) is 16.4. The summed E-state index contributed by atoms with van der Waals surface area (Å²) in [7, 11) is 4.39. The Morgan fingerprint density at radius 3 is 2.30 bits per heavy atom. The summed E-state index contributed by atoms with van der Waals surface area (Å²) < 4.78 is 55.2. The van der Waals surface area contributed by atoms with Gasteiger partial charge in [-0.15, -0.1) is 0 Å². The van der Waals surface area contributed by atoms with Gasteiger partial charge in [0.15, 0.2) is 11.5 Å². The molecule has 0 fully saturated rings. The molecule has 1 heterocycles. The Morgan fingerprint density at radius 1 is 1.10 bits per heavy atom. The zero-order valence-electron chi connectivity index (χ0n) is 16.4. The number of benzene rings is 2. The van der Waals surface area contributed by atoms with Crippen LogP contribution in [0.2, 0.25) is 0 Å². The fraction of sp³-hybridized carbons (Fsp3) is 0.300. The van der Waals surface area contributed by atoms with Crippen molar-refractivity contribution in [2.45, 2.75) is 18.7 Å². The molecule has 10 heteroatoms. The van der Waals surface area contributed by atoms with Crippen LogP contribution in [0.5, 0.6) is 17.2 Å². The van der Waals surface area contributed by atoms with Crippen LogP contribution < -0.4 is 19.5 Å². The standard InChI is InChI=1S/C20H19F3N2O5/c1-27-15-8-11(9-16(28-2)18(15)29-3)14-10-17(30-25-14)19(26)24-13-7-5-4-6-12(13)20(21,22)23/h4-9,17H,10H2,1-3H3,(H,24,26). The topological polar surface area (TPSA) is 78.4 Å². The van der Waals surface area contributed by atoms with Crippen LogP contribution in [-0.4, -0.2) is 39.1 Å². The van der Waals surface area contributed by atoms with Crippen molar-refractivity contribution in [3.8, 4) is 17.2 Å². The molecule has 7 nitrogen and oxygen atoms in total. The third-order valence-corrected chi connectivity index (χ3v) is 4.45. The van der Waals surface area contributed by atoms with Crippen molar-refractivity contribution in [1.29, 1.82) is 0 Å². The lowest BCUT2D eigenvalue weighted by Gasteiger charge is -2.15. The van der Waals surface area contributed by atoms with Gasteiger partial charge in [-0.25, -0.2) is 0 Å². The lowest BCUT2D eigenvalue weighted by Crippen LogP contribution is -2.29. The van der Waals surface area contributed by atoms with Crippen LogP contribution in [0.3, 0.4) is 0 Å². The monoisotopic (exact) mass is 424 g/mol. The highest BCUT2D eigenvalue weighted by Gasteiger charge is 2.35. The van der Waals surface area contributed by atoms with Gasteiger partial charge in [-0.3, -0.25) is 4.79 Å². The van der Waals surface area contributed by atoms with Gasteiger partial charge in [0.05, 0.1) is 38.3 Å². The summed E-state index contributed by atoms with van der Waals surface area (Å²) in [5, 5.41) is 6.18. The van der Waals surface area contributed by atoms with Gasteiger partial charge < -0.3 is 24.4 Å². The lowest BCUT2D eigenvalue weighted by molar-refractivity contribution is -0.137. The SMILES string of the molecule is COc1cc(C2=NOC(C(=O)Nc3ccccc3C(F)(F)F)C2)cc(OC)c1OC. The van der Waals surface area contributed by atoms with Crippen molar-refractivity contribution in [2.75, 3.05) is 26.6 Å². The first-order valence-electron chi connectivity index (χ1n) is 8.78. The molecule has 1 atom stereocenters. The molecule has 0 spiro atoms. The van der Waals surface area contributed by atoms with E-state index in [1.54, 1.807) is 12.1 Å². The molecule has 1 amide bonds. The Labute approximate surface area is 170 Å². The van der Waals surface area contributed by atoms with E-state index in [0.29, 0.717) is 28.5 Å². The Hall–Kier alpha value is -3.43. The number of hydrogen-bond donors (Lipinski definition) is 1. The molecule has 0 saturated carbocycles. The fourth-order valence-corrected chi connectivity index (χ4v) is 2.99. The van der Waals surface area contributed by atoms with Crippen molar-refractivity contribution >= 4 is 17.3 Å². The van der Waals surface area contributed by atoms with Gasteiger partial charge in [0.25, 0.3) is 5.91 Å². The van der Waals surface area contributed by atoms with Gasteiger partial charge in [0, 0.05) is 12.0 Å². The highest BCUT2D eigenvalue weighted by atomic mass is 19.4. The molecule has 30 heavy (non-hydrogen) atoms. The number of nitrogens with zero attached hydrogens (tertiary/aromatic N) is 1. The van der Waals surface area contributed by atoms with Crippen LogP contribution in [0.15, 0.2) is 41.6 Å². The molecule has 2 aromatic carbocycles. The fourth-order valence-electron chi connectivity index (χ4n) is 2.99. The number of carbonyl (C=O) groups excluding carboxylic acids is 1. The van der Waals surface area contributed by atoms with Crippen molar-refractivity contribution in [3.63, 3.8) is 0 Å². The van der Waals surface area contributed by atoms with Crippen molar-refractivity contribution in [1.82, 2.24) is 0 Å². The number of methoxy groups -OCH3 is 3. The molecule has 1 aliphatic heterocycles. The third-order valence-electron chi connectivity index (χ3n) is 4.45. The van der Waals surface area contributed by atoms with E-state index in [4.69, 9.17) is 19.0 Å². The summed E-state index contributed by atoms with van der Waals surface area (Å²) >= 11 is 0. The number of rotatable bonds is 6. The summed E-state index contributed by atoms with van der Waals surface area (Å²) in [5.74, 6) is 0.433. The molecule has 1 N–H and O–H groups in total. The number of alkyl halides is 3. The molecule has 0 bridgehead atoms. The zero-order chi connectivity index (χ0) is 21.9. The van der Waals surface area contributed by atoms with E-state index in [-0.39, 0.29) is 12.1 Å². The van der Waals surface area contributed by atoms with E-state index in [1.165, 1.54) is 39.5 Å². The smallest absolute Gasteiger partial charge is 0.418 e. The molecule has 0 saturated heterocycles. The van der Waals surface area contributed by atoms with Gasteiger partial charge in [-0.05, 0) is 24.3 Å². The maximum absolute atomic E-state index is 13.1. The molecule has 1 unspecified atom stereocenters. The highest BCUT2D eigenvalue weighted by molar-refractivity contribution is 6.06. The van der Waals surface area contributed by atoms with E-state index < -0.39 is 23.8 Å². The number of carbonyl (C=O) groups is 1. The Balaban J connectivity index is 1.77. The van der Waals surface area contributed by atoms with Crippen LogP contribution >= 0.6 is 0 Å². The molecule has 3 rings (SSSR count). The predicted molar refractivity (Wildman–Crippen MR) is 102 cm³/mol. The van der Waals surface area contributed by atoms with E-state index in [0.717, 1.165) is 6.07 Å². The van der Waals surface area contributed by atoms with E-state index in [1.807, 2.05) is 0 Å². The molecule has 160 valence electrons. The summed E-state index contributed by atoms with van der Waals surface area (Å²) in [6.45, 7) is 0. The molecular formula is C20H19F3N2O5. The highest BCUT2D eigenvalue weighted by Crippen LogP contribution is 2.39. The molecule has 0 aromatic heterocycles. The number of anilines is 1. The van der Waals surface area contributed by atoms with Gasteiger partial charge in [0.2, 0.25) is 11.9 Å². The van der Waals surface area contributed by atoms with Crippen LogP contribution in [0, 0.1) is 0 Å². The second-order valence-corrected chi connectivity index (χ2v) is 6.28. The minimum Gasteiger partial charge on any atom is -0.493 e. The lowest BCUT2D eigenvalue weighted by atomic mass is 10.0. The Bertz CT molecular complexity index is 950. The minimum atomic E-state index is -4.60. The molecular weight excluding hydrogens is 405 g/mol. The van der Waals surface area contributed by atoms with Crippen LogP contribution in [0.4, 0.5) is 18.9 Å². The van der Waals surface area contributed by atoms with Crippen molar-refractivity contribution < 1.29 is 37.0 Å². The van der Waals surface area contributed by atoms with Gasteiger partial charge in [-0.2, -0.15) is 13.2 Å². The van der Waals surface area contributed by atoms with E-state index in [2.05, 4.69) is 10.5 Å². The first kappa shape index (κ1) is 21.3. The van der Waals surface area contributed by atoms with E-state index >= 15 is 0 Å². The quantitative estimate of drug-likeness (QED) is 0.762. The summed E-state index contributed by atoms with van der Waals surface area (Å²) in [6, 6.07) is 8.00. The second-order valence-electron chi connectivity index (χ2n) is 6.28. The van der Waals surface area contributed by atoms with Gasteiger partial charge in [0.1, 0.15) is 0 Å². The first-order chi connectivity index (χ1) is 14.3. The number of halogens is 3. The number of hydrogen-bond acceptors (Lipinski definition) is 6. The second kappa shape index (κ2) is 8.52. The number of para-hydroxylation sites is 1. The largest absolute Gasteiger partial charge is 0.493 e. The van der Waals surface area contributed by atoms with Crippen LogP contribution in [-0.2, 0) is 15.8 Å². The number of oxime groups is 1. The number of ether oxygens (including phenoxy) is 3. The van der Waals surface area contributed by atoms with Gasteiger partial charge >= 0.3 is 6.18 Å². The average molecular weight is 424 g/mol. The van der Waals surface area contributed by atoms with Crippen LogP contribution in [0.25, 0.3) is 0 Å². The number of amides is 1. The summed E-state index contributed by atoms with van der Waals surface area (Å²) in [5.41, 5.74) is -0.309. The summed E-state index contributed by atoms with van der Waals surface area (Å²) in [4.78, 5) is 17.6. The van der Waals surface area contributed by atoms with Crippen molar-refractivity contribution in [2.24, 2.45) is 5.16 Å². The Kier molecular flexibility index (Phi) is 6.04. The average Bonchev–Trinajstić information content (AvgIpc) is 3.22. The third kappa shape index (κ3) is 4.27. The van der Waals surface area contributed by atoms with Crippen molar-refractivity contribution in [3.05, 3.63) is 47.5 Å². The maximum atomic E-state index is 13.1. The molecule has 0 aliphatic carbocycles.